The summed E-state index contributed by atoms with van der Waals surface area (Å²) in [6.45, 7) is -0.138. The molecular formula is C4H5F5O2. The first-order chi connectivity index (χ1) is 4.50. The monoisotopic (exact) mass is 180 g/mol. The van der Waals surface area contributed by atoms with Gasteiger partial charge in [0.15, 0.2) is 0 Å². The van der Waals surface area contributed by atoms with Gasteiger partial charge in [0.1, 0.15) is 0 Å². The van der Waals surface area contributed by atoms with E-state index in [0.29, 0.717) is 0 Å². The van der Waals surface area contributed by atoms with E-state index < -0.39 is 17.9 Å². The van der Waals surface area contributed by atoms with Crippen LogP contribution in [0, 0.1) is 0 Å². The van der Waals surface area contributed by atoms with Gasteiger partial charge in [0.25, 0.3) is 5.85 Å². The van der Waals surface area contributed by atoms with Crippen LogP contribution in [0.3, 0.4) is 0 Å². The average Bonchev–Trinajstić information content (AvgIpc) is 1.58. The fourth-order valence-electron chi connectivity index (χ4n) is 0.259. The van der Waals surface area contributed by atoms with E-state index in [1.165, 1.54) is 0 Å². The van der Waals surface area contributed by atoms with Crippen LogP contribution in [0.5, 0.6) is 0 Å². The fourth-order valence-corrected chi connectivity index (χ4v) is 0.259. The Labute approximate surface area is 58.3 Å². The maximum atomic E-state index is 11.9. The van der Waals surface area contributed by atoms with Crippen molar-refractivity contribution >= 4 is 0 Å². The maximum absolute atomic E-state index is 11.9. The van der Waals surface area contributed by atoms with Crippen molar-refractivity contribution in [3.8, 4) is 0 Å². The van der Waals surface area contributed by atoms with Crippen molar-refractivity contribution in [1.82, 2.24) is 0 Å². The molecule has 0 aliphatic rings. The van der Waals surface area contributed by atoms with Crippen LogP contribution in [0.2, 0.25) is 0 Å². The Morgan fingerprint density at radius 3 is 1.18 bits per heavy atom. The van der Waals surface area contributed by atoms with Crippen molar-refractivity contribution in [1.29, 1.82) is 0 Å². The third kappa shape index (κ3) is 1.78. The number of hydrogen-bond acceptors (Lipinski definition) is 2. The van der Waals surface area contributed by atoms with Gasteiger partial charge in [-0.05, 0) is 0 Å². The van der Waals surface area contributed by atoms with Gasteiger partial charge < -0.3 is 10.2 Å². The molecule has 0 spiro atoms. The summed E-state index contributed by atoms with van der Waals surface area (Å²) in [6.07, 6.45) is -5.86. The molecule has 0 aliphatic heterocycles. The molecular weight excluding hydrogens is 175 g/mol. The number of alkyl halides is 5. The fraction of sp³-hybridized carbons (Fsp3) is 1.00. The summed E-state index contributed by atoms with van der Waals surface area (Å²) < 4.78 is 57.7. The van der Waals surface area contributed by atoms with Gasteiger partial charge in [0.2, 0.25) is 0 Å². The molecule has 0 radical (unpaired) electrons. The molecule has 0 bridgehead atoms. The van der Waals surface area contributed by atoms with E-state index in [1.807, 2.05) is 0 Å². The number of rotatable bonds is 1. The van der Waals surface area contributed by atoms with E-state index in [4.69, 9.17) is 10.2 Å². The molecule has 0 aromatic heterocycles. The van der Waals surface area contributed by atoms with Crippen molar-refractivity contribution in [2.24, 2.45) is 0 Å². The molecule has 0 aromatic rings. The van der Waals surface area contributed by atoms with Crippen LogP contribution in [-0.4, -0.2) is 28.1 Å². The highest BCUT2D eigenvalue weighted by Gasteiger charge is 2.67. The number of hydrogen-bond donors (Lipinski definition) is 2. The Hall–Kier alpha value is -0.430. The maximum Gasteiger partial charge on any atom is 0.454 e. The van der Waals surface area contributed by atoms with E-state index in [2.05, 4.69) is 0 Å². The number of halogens is 5. The quantitative estimate of drug-likeness (QED) is 0.588. The zero-order chi connectivity index (χ0) is 9.50. The molecule has 2 atom stereocenters. The van der Waals surface area contributed by atoms with E-state index in [0.717, 1.165) is 0 Å². The van der Waals surface area contributed by atoms with Gasteiger partial charge in [-0.15, -0.1) is 0 Å². The molecule has 2 unspecified atom stereocenters. The number of aliphatic hydroxyl groups is 2. The van der Waals surface area contributed by atoms with Gasteiger partial charge in [-0.25, -0.2) is 4.39 Å². The normalized spacial score (nSPS) is 24.0. The minimum absolute atomic E-state index is 0.138. The van der Waals surface area contributed by atoms with Gasteiger partial charge in [0, 0.05) is 6.92 Å². The minimum Gasteiger partial charge on any atom is -0.357 e. The molecule has 0 amide bonds. The Bertz CT molecular complexity index is 128. The largest absolute Gasteiger partial charge is 0.454 e. The topological polar surface area (TPSA) is 40.5 Å². The summed E-state index contributed by atoms with van der Waals surface area (Å²) >= 11 is 0. The van der Waals surface area contributed by atoms with Gasteiger partial charge in [-0.2, -0.15) is 17.6 Å². The standard InChI is InChI=1S/C4H5F5O2/c1-2(5,10)3(6,11)4(7,8)9/h10-11H,1H3. The molecule has 68 valence electrons. The Balaban J connectivity index is 4.75. The van der Waals surface area contributed by atoms with Gasteiger partial charge in [-0.1, -0.05) is 0 Å². The zero-order valence-electron chi connectivity index (χ0n) is 5.28. The van der Waals surface area contributed by atoms with Crippen molar-refractivity contribution in [2.75, 3.05) is 0 Å². The second-order valence-electron chi connectivity index (χ2n) is 2.07. The molecule has 0 aromatic carbocycles. The first-order valence-electron chi connectivity index (χ1n) is 2.39. The van der Waals surface area contributed by atoms with Crippen LogP contribution in [0.25, 0.3) is 0 Å². The summed E-state index contributed by atoms with van der Waals surface area (Å²) in [5.41, 5.74) is 0. The predicted octanol–water partition coefficient (Wildman–Crippen LogP) is 0.885. The third-order valence-electron chi connectivity index (χ3n) is 0.980. The van der Waals surface area contributed by atoms with Crippen molar-refractivity contribution in [3.05, 3.63) is 0 Å². The molecule has 0 rings (SSSR count). The van der Waals surface area contributed by atoms with Crippen molar-refractivity contribution in [2.45, 2.75) is 24.8 Å². The minimum atomic E-state index is -5.86. The van der Waals surface area contributed by atoms with E-state index in [1.54, 1.807) is 0 Å². The molecule has 0 saturated heterocycles. The lowest BCUT2D eigenvalue weighted by atomic mass is 10.1. The summed E-state index contributed by atoms with van der Waals surface area (Å²) in [5, 5.41) is 15.6. The summed E-state index contributed by atoms with van der Waals surface area (Å²) in [5.74, 6) is -9.59. The van der Waals surface area contributed by atoms with E-state index in [9.17, 15) is 22.0 Å². The third-order valence-corrected chi connectivity index (χ3v) is 0.980. The van der Waals surface area contributed by atoms with Crippen LogP contribution >= 0.6 is 0 Å². The van der Waals surface area contributed by atoms with Gasteiger partial charge in [-0.3, -0.25) is 0 Å². The molecule has 7 heteroatoms. The zero-order valence-corrected chi connectivity index (χ0v) is 5.28. The van der Waals surface area contributed by atoms with Crippen LogP contribution < -0.4 is 0 Å². The van der Waals surface area contributed by atoms with Crippen molar-refractivity contribution < 1.29 is 32.2 Å². The lowest BCUT2D eigenvalue weighted by Crippen LogP contribution is -2.56. The highest BCUT2D eigenvalue weighted by Crippen LogP contribution is 2.40. The summed E-state index contributed by atoms with van der Waals surface area (Å²) in [7, 11) is 0. The molecule has 0 heterocycles. The Morgan fingerprint density at radius 1 is 0.909 bits per heavy atom. The molecule has 0 aliphatic carbocycles. The Morgan fingerprint density at radius 2 is 1.18 bits per heavy atom. The lowest BCUT2D eigenvalue weighted by Gasteiger charge is -2.28. The van der Waals surface area contributed by atoms with Gasteiger partial charge in [0.05, 0.1) is 0 Å². The first kappa shape index (κ1) is 10.6. The Kier molecular flexibility index (Phi) is 2.19. The van der Waals surface area contributed by atoms with Crippen LogP contribution in [-0.2, 0) is 0 Å². The molecule has 0 saturated carbocycles. The average molecular weight is 180 g/mol. The van der Waals surface area contributed by atoms with Crippen molar-refractivity contribution in [3.63, 3.8) is 0 Å². The van der Waals surface area contributed by atoms with E-state index >= 15 is 0 Å². The lowest BCUT2D eigenvalue weighted by molar-refractivity contribution is -0.397. The first-order valence-corrected chi connectivity index (χ1v) is 2.39. The second kappa shape index (κ2) is 2.28. The molecule has 11 heavy (non-hydrogen) atoms. The summed E-state index contributed by atoms with van der Waals surface area (Å²) in [6, 6.07) is 0. The molecule has 0 fully saturated rings. The van der Waals surface area contributed by atoms with Crippen LogP contribution in [0.15, 0.2) is 0 Å². The van der Waals surface area contributed by atoms with Crippen LogP contribution in [0.1, 0.15) is 6.92 Å². The van der Waals surface area contributed by atoms with E-state index in [-0.39, 0.29) is 6.92 Å². The van der Waals surface area contributed by atoms with Crippen LogP contribution in [0.4, 0.5) is 22.0 Å². The summed E-state index contributed by atoms with van der Waals surface area (Å²) in [4.78, 5) is 0. The SMILES string of the molecule is CC(O)(F)C(O)(F)C(F)(F)F. The predicted molar refractivity (Wildman–Crippen MR) is 23.8 cm³/mol. The second-order valence-corrected chi connectivity index (χ2v) is 2.07. The van der Waals surface area contributed by atoms with Gasteiger partial charge >= 0.3 is 12.0 Å². The molecule has 2 N–H and O–H groups in total. The smallest absolute Gasteiger partial charge is 0.357 e. The highest BCUT2D eigenvalue weighted by atomic mass is 19.4. The highest BCUT2D eigenvalue weighted by molar-refractivity contribution is 4.86. The molecule has 2 nitrogen and oxygen atoms in total.